The molecule has 3 aromatic rings. The summed E-state index contributed by atoms with van der Waals surface area (Å²) in [6.45, 7) is 1.66. The first kappa shape index (κ1) is 15.3. The smallest absolute Gasteiger partial charge is 0.358 e. The lowest BCUT2D eigenvalue weighted by atomic mass is 10.4. The van der Waals surface area contributed by atoms with Crippen LogP contribution in [-0.4, -0.2) is 25.3 Å². The number of nitrogens with zero attached hydrogens (tertiary/aromatic N) is 4. The molecule has 3 rings (SSSR count). The van der Waals surface area contributed by atoms with E-state index in [0.717, 1.165) is 4.47 Å². The molecule has 0 saturated carbocycles. The van der Waals surface area contributed by atoms with E-state index >= 15 is 0 Å². The Hall–Kier alpha value is -2.61. The van der Waals surface area contributed by atoms with Gasteiger partial charge in [-0.25, -0.2) is 14.8 Å². The fraction of sp³-hybridized carbons (Fsp3) is 0.133. The second-order valence-electron chi connectivity index (χ2n) is 4.78. The Balaban J connectivity index is 1.79. The first-order chi connectivity index (χ1) is 11.0. The largest absolute Gasteiger partial charge is 0.454 e. The van der Waals surface area contributed by atoms with Crippen LogP contribution in [0.5, 0.6) is 0 Å². The standard InChI is InChI=1S/C15H11BrN4O3/c1-9-5-18-12(6-17-9)15(22)23-8-11-4-14(21)20-7-10(16)2-3-13(20)19-11/h2-7H,8H2,1H3. The van der Waals surface area contributed by atoms with Crippen molar-refractivity contribution in [3.8, 4) is 0 Å². The molecule has 0 spiro atoms. The predicted octanol–water partition coefficient (Wildman–Crippen LogP) is 1.91. The number of carbonyl (C=O) groups excluding carboxylic acids is 1. The normalized spacial score (nSPS) is 10.7. The molecule has 0 aliphatic rings. The molecular formula is C15H11BrN4O3. The van der Waals surface area contributed by atoms with Gasteiger partial charge < -0.3 is 4.74 Å². The lowest BCUT2D eigenvalue weighted by Crippen LogP contribution is -2.17. The Morgan fingerprint density at radius 3 is 2.87 bits per heavy atom. The van der Waals surface area contributed by atoms with Crippen LogP contribution >= 0.6 is 15.9 Å². The highest BCUT2D eigenvalue weighted by molar-refractivity contribution is 9.10. The number of rotatable bonds is 3. The molecule has 0 aliphatic heterocycles. The van der Waals surface area contributed by atoms with Crippen LogP contribution in [-0.2, 0) is 11.3 Å². The molecule has 3 aromatic heterocycles. The zero-order chi connectivity index (χ0) is 16.4. The van der Waals surface area contributed by atoms with Gasteiger partial charge in [-0.3, -0.25) is 14.2 Å². The maximum Gasteiger partial charge on any atom is 0.358 e. The van der Waals surface area contributed by atoms with Gasteiger partial charge in [0.1, 0.15) is 12.3 Å². The predicted molar refractivity (Wildman–Crippen MR) is 85.1 cm³/mol. The number of aryl methyl sites for hydroxylation is 1. The number of aromatic nitrogens is 4. The first-order valence-corrected chi connectivity index (χ1v) is 7.46. The van der Waals surface area contributed by atoms with Crippen LogP contribution in [0, 0.1) is 6.92 Å². The van der Waals surface area contributed by atoms with Crippen LogP contribution < -0.4 is 5.56 Å². The SMILES string of the molecule is Cc1cnc(C(=O)OCc2cc(=O)n3cc(Br)ccc3n2)cn1. The minimum atomic E-state index is -0.615. The molecule has 3 heterocycles. The number of fused-ring (bicyclic) bond motifs is 1. The molecule has 0 aromatic carbocycles. The Kier molecular flexibility index (Phi) is 4.16. The maximum atomic E-state index is 12.0. The molecule has 0 bridgehead atoms. The van der Waals surface area contributed by atoms with E-state index in [1.807, 2.05) is 0 Å². The lowest BCUT2D eigenvalue weighted by Gasteiger charge is -2.06. The quantitative estimate of drug-likeness (QED) is 0.650. The van der Waals surface area contributed by atoms with Crippen molar-refractivity contribution in [3.63, 3.8) is 0 Å². The van der Waals surface area contributed by atoms with Crippen molar-refractivity contribution < 1.29 is 9.53 Å². The molecule has 0 unspecified atom stereocenters. The summed E-state index contributed by atoms with van der Waals surface area (Å²) in [4.78, 5) is 36.1. The second-order valence-corrected chi connectivity index (χ2v) is 5.70. The van der Waals surface area contributed by atoms with Gasteiger partial charge in [0.2, 0.25) is 0 Å². The first-order valence-electron chi connectivity index (χ1n) is 6.66. The molecule has 0 N–H and O–H groups in total. The highest BCUT2D eigenvalue weighted by Crippen LogP contribution is 2.10. The molecule has 8 heteroatoms. The third kappa shape index (κ3) is 3.42. The molecule has 0 saturated heterocycles. The summed E-state index contributed by atoms with van der Waals surface area (Å²) in [5.41, 5.74) is 1.40. The summed E-state index contributed by atoms with van der Waals surface area (Å²) in [7, 11) is 0. The number of carbonyl (C=O) groups is 1. The molecule has 116 valence electrons. The van der Waals surface area contributed by atoms with E-state index < -0.39 is 5.97 Å². The molecule has 7 nitrogen and oxygen atoms in total. The zero-order valence-corrected chi connectivity index (χ0v) is 13.6. The van der Waals surface area contributed by atoms with Crippen LogP contribution in [0.25, 0.3) is 5.65 Å². The highest BCUT2D eigenvalue weighted by atomic mass is 79.9. The second kappa shape index (κ2) is 6.25. The van der Waals surface area contributed by atoms with E-state index in [9.17, 15) is 9.59 Å². The summed E-state index contributed by atoms with van der Waals surface area (Å²) in [5, 5.41) is 0. The van der Waals surface area contributed by atoms with Crippen LogP contribution in [0.3, 0.4) is 0 Å². The van der Waals surface area contributed by atoms with Gasteiger partial charge in [0, 0.05) is 22.9 Å². The van der Waals surface area contributed by atoms with Gasteiger partial charge >= 0.3 is 5.97 Å². The van der Waals surface area contributed by atoms with Gasteiger partial charge in [0.15, 0.2) is 5.69 Å². The molecule has 0 aliphatic carbocycles. The van der Waals surface area contributed by atoms with Crippen LogP contribution in [0.1, 0.15) is 21.9 Å². The molecule has 0 atom stereocenters. The van der Waals surface area contributed by atoms with Gasteiger partial charge in [-0.15, -0.1) is 0 Å². The number of pyridine rings is 1. The van der Waals surface area contributed by atoms with Crippen LogP contribution in [0.2, 0.25) is 0 Å². The van der Waals surface area contributed by atoms with Crippen molar-refractivity contribution in [1.82, 2.24) is 19.4 Å². The molecule has 0 amide bonds. The van der Waals surface area contributed by atoms with Gasteiger partial charge in [-0.2, -0.15) is 0 Å². The third-order valence-electron chi connectivity index (χ3n) is 3.02. The molecule has 0 fully saturated rings. The zero-order valence-electron chi connectivity index (χ0n) is 12.1. The van der Waals surface area contributed by atoms with Crippen LogP contribution in [0.15, 0.2) is 46.1 Å². The third-order valence-corrected chi connectivity index (χ3v) is 3.49. The van der Waals surface area contributed by atoms with Crippen molar-refractivity contribution in [1.29, 1.82) is 0 Å². The van der Waals surface area contributed by atoms with E-state index in [-0.39, 0.29) is 17.9 Å². The maximum absolute atomic E-state index is 12.0. The number of hydrogen-bond donors (Lipinski definition) is 0. The Bertz CT molecular complexity index is 938. The Morgan fingerprint density at radius 2 is 2.13 bits per heavy atom. The van der Waals surface area contributed by atoms with Gasteiger partial charge in [0.25, 0.3) is 5.56 Å². The number of halogens is 1. The number of hydrogen-bond acceptors (Lipinski definition) is 6. The van der Waals surface area contributed by atoms with Crippen molar-refractivity contribution in [2.75, 3.05) is 0 Å². The fourth-order valence-electron chi connectivity index (χ4n) is 1.91. The van der Waals surface area contributed by atoms with E-state index in [0.29, 0.717) is 17.0 Å². The number of esters is 1. The highest BCUT2D eigenvalue weighted by Gasteiger charge is 2.11. The molecular weight excluding hydrogens is 364 g/mol. The summed E-state index contributed by atoms with van der Waals surface area (Å²) >= 11 is 3.30. The molecule has 0 radical (unpaired) electrons. The summed E-state index contributed by atoms with van der Waals surface area (Å²) < 4.78 is 7.29. The monoisotopic (exact) mass is 374 g/mol. The van der Waals surface area contributed by atoms with Crippen molar-refractivity contribution in [2.24, 2.45) is 0 Å². The Labute approximate surface area is 139 Å². The van der Waals surface area contributed by atoms with Gasteiger partial charge in [0.05, 0.1) is 17.6 Å². The van der Waals surface area contributed by atoms with Crippen LogP contribution in [0.4, 0.5) is 0 Å². The minimum Gasteiger partial charge on any atom is -0.454 e. The topological polar surface area (TPSA) is 86.5 Å². The average Bonchev–Trinajstić information content (AvgIpc) is 2.54. The van der Waals surface area contributed by atoms with Crippen molar-refractivity contribution >= 4 is 27.5 Å². The summed E-state index contributed by atoms with van der Waals surface area (Å²) in [6.07, 6.45) is 4.45. The summed E-state index contributed by atoms with van der Waals surface area (Å²) in [5.74, 6) is -0.615. The van der Waals surface area contributed by atoms with E-state index in [2.05, 4.69) is 30.9 Å². The minimum absolute atomic E-state index is 0.108. The van der Waals surface area contributed by atoms with Gasteiger partial charge in [-0.05, 0) is 35.0 Å². The van der Waals surface area contributed by atoms with Crippen molar-refractivity contribution in [2.45, 2.75) is 13.5 Å². The van der Waals surface area contributed by atoms with E-state index in [1.54, 1.807) is 25.3 Å². The Morgan fingerprint density at radius 1 is 1.30 bits per heavy atom. The van der Waals surface area contributed by atoms with E-state index in [4.69, 9.17) is 4.74 Å². The van der Waals surface area contributed by atoms with Gasteiger partial charge in [-0.1, -0.05) is 0 Å². The summed E-state index contributed by atoms with van der Waals surface area (Å²) in [6, 6.07) is 4.80. The number of ether oxygens (including phenoxy) is 1. The fourth-order valence-corrected chi connectivity index (χ4v) is 2.25. The van der Waals surface area contributed by atoms with Crippen molar-refractivity contribution in [3.05, 3.63) is 68.7 Å². The average molecular weight is 375 g/mol. The lowest BCUT2D eigenvalue weighted by molar-refractivity contribution is 0.0460. The van der Waals surface area contributed by atoms with E-state index in [1.165, 1.54) is 22.9 Å². The molecule has 23 heavy (non-hydrogen) atoms.